The first-order valence-corrected chi connectivity index (χ1v) is 12.5. The third kappa shape index (κ3) is 3.70. The van der Waals surface area contributed by atoms with Crippen LogP contribution in [0, 0.1) is 0 Å². The zero-order valence-electron chi connectivity index (χ0n) is 18.6. The predicted octanol–water partition coefficient (Wildman–Crippen LogP) is 3.21. The average molecular weight is 465 g/mol. The van der Waals surface area contributed by atoms with Crippen LogP contribution >= 0.6 is 11.3 Å². The molecule has 1 saturated carbocycles. The smallest absolute Gasteiger partial charge is 0.262 e. The van der Waals surface area contributed by atoms with Gasteiger partial charge in [-0.3, -0.25) is 4.79 Å². The summed E-state index contributed by atoms with van der Waals surface area (Å²) >= 11 is 1.50. The van der Waals surface area contributed by atoms with E-state index in [1.165, 1.54) is 17.0 Å². The van der Waals surface area contributed by atoms with Crippen LogP contribution in [0.25, 0.3) is 32.6 Å². The molecule has 0 amide bonds. The van der Waals surface area contributed by atoms with Gasteiger partial charge in [-0.15, -0.1) is 11.3 Å². The largest absolute Gasteiger partial charge is 0.391 e. The van der Waals surface area contributed by atoms with Gasteiger partial charge in [-0.2, -0.15) is 0 Å². The molecule has 1 aliphatic heterocycles. The van der Waals surface area contributed by atoms with Gasteiger partial charge in [-0.25, -0.2) is 4.98 Å². The molecule has 0 spiro atoms. The van der Waals surface area contributed by atoms with Gasteiger partial charge in [-0.05, 0) is 56.0 Å². The van der Waals surface area contributed by atoms with Crippen molar-refractivity contribution in [2.24, 2.45) is 0 Å². The Labute approximate surface area is 195 Å². The number of hydrogen-bond acceptors (Lipinski definition) is 7. The molecule has 6 rings (SSSR count). The summed E-state index contributed by atoms with van der Waals surface area (Å²) < 4.78 is 0. The van der Waals surface area contributed by atoms with E-state index in [-0.39, 0.29) is 11.6 Å². The lowest BCUT2D eigenvalue weighted by Crippen LogP contribution is -2.44. The van der Waals surface area contributed by atoms with E-state index in [0.29, 0.717) is 11.4 Å². The molecule has 0 unspecified atom stereocenters. The second-order valence-electron chi connectivity index (χ2n) is 9.19. The first-order valence-electron chi connectivity index (χ1n) is 11.6. The minimum absolute atomic E-state index is 0.0677. The number of H-pyrrole nitrogens is 2. The van der Waals surface area contributed by atoms with Crippen molar-refractivity contribution in [1.29, 1.82) is 0 Å². The summed E-state index contributed by atoms with van der Waals surface area (Å²) in [6.07, 6.45) is 2.23. The van der Waals surface area contributed by atoms with Crippen molar-refractivity contribution in [1.82, 2.24) is 19.9 Å². The lowest BCUT2D eigenvalue weighted by atomic mass is 10.1. The molecule has 2 atom stereocenters. The van der Waals surface area contributed by atoms with E-state index in [4.69, 9.17) is 4.98 Å². The maximum absolute atomic E-state index is 13.2. The quantitative estimate of drug-likeness (QED) is 0.370. The van der Waals surface area contributed by atoms with Crippen LogP contribution in [0.15, 0.2) is 34.4 Å². The van der Waals surface area contributed by atoms with Crippen LogP contribution in [-0.4, -0.2) is 70.3 Å². The van der Waals surface area contributed by atoms with E-state index in [1.807, 2.05) is 17.5 Å². The van der Waals surface area contributed by atoms with E-state index in [2.05, 4.69) is 44.3 Å². The number of aromatic amines is 2. The predicted molar refractivity (Wildman–Crippen MR) is 135 cm³/mol. The Morgan fingerprint density at radius 3 is 2.79 bits per heavy atom. The summed E-state index contributed by atoms with van der Waals surface area (Å²) in [5.74, 6) is 0.546. The molecule has 1 aromatic carbocycles. The van der Waals surface area contributed by atoms with Gasteiger partial charge < -0.3 is 30.2 Å². The van der Waals surface area contributed by atoms with Gasteiger partial charge in [0, 0.05) is 37.3 Å². The number of thiophene rings is 1. The van der Waals surface area contributed by atoms with Crippen molar-refractivity contribution in [2.45, 2.75) is 31.4 Å². The molecule has 2 fully saturated rings. The van der Waals surface area contributed by atoms with Gasteiger partial charge in [0.25, 0.3) is 5.56 Å². The van der Waals surface area contributed by atoms with Crippen LogP contribution in [0.4, 0.5) is 11.4 Å². The summed E-state index contributed by atoms with van der Waals surface area (Å²) in [7, 11) is 2.15. The van der Waals surface area contributed by atoms with Gasteiger partial charge in [-0.1, -0.05) is 0 Å². The molecule has 172 valence electrons. The molecule has 8 nitrogen and oxygen atoms in total. The fourth-order valence-corrected chi connectivity index (χ4v) is 5.85. The Morgan fingerprint density at radius 2 is 2.00 bits per heavy atom. The van der Waals surface area contributed by atoms with E-state index in [1.54, 1.807) is 0 Å². The topological polar surface area (TPSA) is 100 Å². The average Bonchev–Trinajstić information content (AvgIpc) is 3.53. The second-order valence-corrected chi connectivity index (χ2v) is 10.1. The minimum Gasteiger partial charge on any atom is -0.391 e. The Morgan fingerprint density at radius 1 is 1.15 bits per heavy atom. The molecule has 0 radical (unpaired) electrons. The van der Waals surface area contributed by atoms with Crippen LogP contribution in [0.3, 0.4) is 0 Å². The number of aliphatic hydroxyl groups excluding tert-OH is 1. The number of hydrogen-bond donors (Lipinski definition) is 4. The molecular weight excluding hydrogens is 436 g/mol. The molecule has 2 aliphatic rings. The van der Waals surface area contributed by atoms with Gasteiger partial charge in [0.1, 0.15) is 16.2 Å². The molecule has 1 aliphatic carbocycles. The summed E-state index contributed by atoms with van der Waals surface area (Å²) in [5, 5.41) is 16.8. The van der Waals surface area contributed by atoms with Gasteiger partial charge in [0.15, 0.2) is 0 Å². The number of nitrogens with zero attached hydrogens (tertiary/aromatic N) is 3. The normalized spacial score (nSPS) is 21.9. The number of imidazole rings is 1. The van der Waals surface area contributed by atoms with Crippen molar-refractivity contribution in [3.8, 4) is 11.4 Å². The zero-order valence-corrected chi connectivity index (χ0v) is 19.4. The molecule has 3 aromatic heterocycles. The maximum Gasteiger partial charge on any atom is 0.262 e. The van der Waals surface area contributed by atoms with Crippen LogP contribution < -0.4 is 15.8 Å². The summed E-state index contributed by atoms with van der Waals surface area (Å²) in [6, 6.07) is 8.20. The lowest BCUT2D eigenvalue weighted by molar-refractivity contribution is 0.172. The Kier molecular flexibility index (Phi) is 5.12. The van der Waals surface area contributed by atoms with Crippen molar-refractivity contribution >= 4 is 44.0 Å². The standard InChI is InChI=1S/C24H28N6O2S/c1-29-8-10-30(11-9-29)14-5-6-16-18(13-14)27-22(26-16)20-21(25-17-3-2-4-19(17)31)15-7-12-33-24(15)28-23(20)32/h5-7,12-13,17,19,31H,2-4,8-11H2,1H3,(H,26,27)(H2,25,28,32)/t17-,19-/m1/s1. The molecule has 4 aromatic rings. The molecule has 1 saturated heterocycles. The van der Waals surface area contributed by atoms with Gasteiger partial charge >= 0.3 is 0 Å². The van der Waals surface area contributed by atoms with Crippen LogP contribution in [-0.2, 0) is 0 Å². The summed E-state index contributed by atoms with van der Waals surface area (Å²) in [5.41, 5.74) is 3.98. The van der Waals surface area contributed by atoms with Crippen molar-refractivity contribution in [3.63, 3.8) is 0 Å². The Bertz CT molecular complexity index is 1370. The van der Waals surface area contributed by atoms with Crippen LogP contribution in [0.1, 0.15) is 19.3 Å². The minimum atomic E-state index is -0.410. The molecule has 4 heterocycles. The number of anilines is 2. The van der Waals surface area contributed by atoms with E-state index in [0.717, 1.165) is 72.4 Å². The van der Waals surface area contributed by atoms with Crippen LogP contribution in [0.5, 0.6) is 0 Å². The fraction of sp³-hybridized carbons (Fsp3) is 0.417. The first kappa shape index (κ1) is 20.7. The zero-order chi connectivity index (χ0) is 22.5. The molecule has 0 bridgehead atoms. The Balaban J connectivity index is 1.43. The lowest BCUT2D eigenvalue weighted by Gasteiger charge is -2.34. The number of aromatic nitrogens is 3. The number of likely N-dealkylation sites (N-methyl/N-ethyl adjacent to an activating group) is 1. The van der Waals surface area contributed by atoms with E-state index in [9.17, 15) is 9.90 Å². The Hall–Kier alpha value is -2.88. The summed E-state index contributed by atoms with van der Waals surface area (Å²) in [6.45, 7) is 4.08. The van der Waals surface area contributed by atoms with Crippen molar-refractivity contribution in [2.75, 3.05) is 43.4 Å². The number of nitrogens with one attached hydrogen (secondary N) is 3. The molecule has 9 heteroatoms. The van der Waals surface area contributed by atoms with E-state index < -0.39 is 6.10 Å². The van der Waals surface area contributed by atoms with Crippen molar-refractivity contribution < 1.29 is 5.11 Å². The van der Waals surface area contributed by atoms with Gasteiger partial charge in [0.2, 0.25) is 0 Å². The number of aliphatic hydroxyl groups is 1. The molecule has 33 heavy (non-hydrogen) atoms. The number of rotatable bonds is 4. The highest BCUT2D eigenvalue weighted by molar-refractivity contribution is 7.16. The van der Waals surface area contributed by atoms with Crippen LogP contribution in [0.2, 0.25) is 0 Å². The number of pyridine rings is 1. The number of benzene rings is 1. The third-order valence-electron chi connectivity index (χ3n) is 7.02. The molecular formula is C24H28N6O2S. The highest BCUT2D eigenvalue weighted by Gasteiger charge is 2.28. The molecule has 4 N–H and O–H groups in total. The maximum atomic E-state index is 13.2. The number of piperazine rings is 1. The SMILES string of the molecule is CN1CCN(c2ccc3nc(-c4c(N[C@@H]5CCC[C@H]5O)c5ccsc5[nH]c4=O)[nH]c3c2)CC1. The fourth-order valence-electron chi connectivity index (χ4n) is 5.06. The summed E-state index contributed by atoms with van der Waals surface area (Å²) in [4.78, 5) is 30.0. The highest BCUT2D eigenvalue weighted by Crippen LogP contribution is 2.35. The highest BCUT2D eigenvalue weighted by atomic mass is 32.1. The van der Waals surface area contributed by atoms with E-state index >= 15 is 0 Å². The first-order chi connectivity index (χ1) is 16.1. The van der Waals surface area contributed by atoms with Gasteiger partial charge in [0.05, 0.1) is 28.9 Å². The second kappa shape index (κ2) is 8.16. The third-order valence-corrected chi connectivity index (χ3v) is 7.85. The monoisotopic (exact) mass is 464 g/mol. The number of fused-ring (bicyclic) bond motifs is 2. The van der Waals surface area contributed by atoms with Crippen molar-refractivity contribution in [3.05, 3.63) is 40.0 Å².